The van der Waals surface area contributed by atoms with E-state index in [9.17, 15) is 0 Å². The predicted molar refractivity (Wildman–Crippen MR) is 92.2 cm³/mol. The minimum atomic E-state index is 0.497. The lowest BCUT2D eigenvalue weighted by Crippen LogP contribution is -2.11. The number of rotatable bonds is 2. The maximum absolute atomic E-state index is 6.12. The third-order valence-electron chi connectivity index (χ3n) is 3.58. The Morgan fingerprint density at radius 3 is 2.62 bits per heavy atom. The van der Waals surface area contributed by atoms with E-state index in [1.807, 2.05) is 36.9 Å². The van der Waals surface area contributed by atoms with Crippen LogP contribution >= 0.6 is 15.9 Å². The number of nitrogens with two attached hydrogens (primary N) is 1. The highest BCUT2D eigenvalue weighted by atomic mass is 79.9. The first-order valence-electron chi connectivity index (χ1n) is 6.69. The van der Waals surface area contributed by atoms with Crippen LogP contribution in [-0.2, 0) is 0 Å². The monoisotopic (exact) mass is 344 g/mol. The second-order valence-electron chi connectivity index (χ2n) is 5.30. The van der Waals surface area contributed by atoms with E-state index in [0.717, 1.165) is 21.2 Å². The zero-order valence-electron chi connectivity index (χ0n) is 12.3. The molecule has 0 aliphatic carbocycles. The van der Waals surface area contributed by atoms with Crippen LogP contribution in [0.4, 0.5) is 11.6 Å². The summed E-state index contributed by atoms with van der Waals surface area (Å²) in [7, 11) is 4.08. The maximum atomic E-state index is 6.12. The normalized spacial score (nSPS) is 11.0. The molecule has 3 aromatic rings. The molecule has 0 spiro atoms. The summed E-state index contributed by atoms with van der Waals surface area (Å²) in [4.78, 5) is 6.54. The first-order valence-corrected chi connectivity index (χ1v) is 7.48. The summed E-state index contributed by atoms with van der Waals surface area (Å²) in [6.07, 6.45) is 0. The van der Waals surface area contributed by atoms with Gasteiger partial charge in [-0.3, -0.25) is 4.57 Å². The Morgan fingerprint density at radius 1 is 1.14 bits per heavy atom. The predicted octanol–water partition coefficient (Wildman–Crippen LogP) is 3.74. The summed E-state index contributed by atoms with van der Waals surface area (Å²) in [5, 5.41) is 0. The van der Waals surface area contributed by atoms with Crippen molar-refractivity contribution in [3.05, 3.63) is 46.4 Å². The molecule has 3 rings (SSSR count). The Kier molecular flexibility index (Phi) is 3.37. The molecule has 0 bridgehead atoms. The third-order valence-corrected chi connectivity index (χ3v) is 4.07. The number of anilines is 2. The van der Waals surface area contributed by atoms with E-state index in [2.05, 4.69) is 50.9 Å². The van der Waals surface area contributed by atoms with E-state index >= 15 is 0 Å². The molecule has 108 valence electrons. The van der Waals surface area contributed by atoms with Gasteiger partial charge < -0.3 is 10.6 Å². The quantitative estimate of drug-likeness (QED) is 0.770. The zero-order chi connectivity index (χ0) is 15.1. The van der Waals surface area contributed by atoms with Crippen LogP contribution in [-0.4, -0.2) is 23.6 Å². The van der Waals surface area contributed by atoms with Gasteiger partial charge in [0.15, 0.2) is 0 Å². The zero-order valence-corrected chi connectivity index (χ0v) is 13.8. The molecule has 21 heavy (non-hydrogen) atoms. The van der Waals surface area contributed by atoms with Gasteiger partial charge in [0.2, 0.25) is 5.95 Å². The number of nitrogen functional groups attached to an aromatic ring is 1. The summed E-state index contributed by atoms with van der Waals surface area (Å²) < 4.78 is 2.99. The van der Waals surface area contributed by atoms with Crippen molar-refractivity contribution in [1.29, 1.82) is 0 Å². The molecule has 0 aliphatic rings. The van der Waals surface area contributed by atoms with E-state index < -0.39 is 0 Å². The number of fused-ring (bicyclic) bond motifs is 1. The molecular weight excluding hydrogens is 328 g/mol. The highest BCUT2D eigenvalue weighted by Crippen LogP contribution is 2.28. The van der Waals surface area contributed by atoms with Crippen molar-refractivity contribution in [3.63, 3.8) is 0 Å². The van der Waals surface area contributed by atoms with Gasteiger partial charge in [0.05, 0.1) is 16.7 Å². The van der Waals surface area contributed by atoms with Crippen LogP contribution in [0.5, 0.6) is 0 Å². The lowest BCUT2D eigenvalue weighted by molar-refractivity contribution is 1.07. The Morgan fingerprint density at radius 2 is 1.90 bits per heavy atom. The average Bonchev–Trinajstić information content (AvgIpc) is 2.74. The van der Waals surface area contributed by atoms with Gasteiger partial charge in [-0.25, -0.2) is 4.98 Å². The number of hydrogen-bond acceptors (Lipinski definition) is 3. The van der Waals surface area contributed by atoms with E-state index in [1.165, 1.54) is 11.3 Å². The average molecular weight is 345 g/mol. The second kappa shape index (κ2) is 5.07. The number of aryl methyl sites for hydroxylation is 1. The molecule has 0 unspecified atom stereocenters. The van der Waals surface area contributed by atoms with Crippen LogP contribution in [0.25, 0.3) is 16.7 Å². The van der Waals surface area contributed by atoms with Crippen LogP contribution in [0.1, 0.15) is 5.56 Å². The molecule has 0 radical (unpaired) electrons. The molecular formula is C16H17BrN4. The van der Waals surface area contributed by atoms with Crippen LogP contribution in [0.2, 0.25) is 0 Å². The summed E-state index contributed by atoms with van der Waals surface area (Å²) in [5.74, 6) is 0.497. The summed E-state index contributed by atoms with van der Waals surface area (Å²) in [5.41, 5.74) is 11.4. The third kappa shape index (κ3) is 2.38. The fourth-order valence-corrected chi connectivity index (χ4v) is 2.91. The largest absolute Gasteiger partial charge is 0.377 e. The molecule has 4 nitrogen and oxygen atoms in total. The molecule has 1 heterocycles. The minimum absolute atomic E-state index is 0.497. The lowest BCUT2D eigenvalue weighted by Gasteiger charge is -2.17. The molecule has 2 N–H and O–H groups in total. The van der Waals surface area contributed by atoms with Crippen molar-refractivity contribution in [1.82, 2.24) is 9.55 Å². The van der Waals surface area contributed by atoms with Crippen molar-refractivity contribution < 1.29 is 0 Å². The molecule has 0 saturated carbocycles. The van der Waals surface area contributed by atoms with Crippen molar-refractivity contribution >= 4 is 38.6 Å². The van der Waals surface area contributed by atoms with E-state index in [0.29, 0.717) is 5.95 Å². The van der Waals surface area contributed by atoms with Gasteiger partial charge in [0.1, 0.15) is 0 Å². The van der Waals surface area contributed by atoms with Gasteiger partial charge in [-0.2, -0.15) is 0 Å². The highest BCUT2D eigenvalue weighted by molar-refractivity contribution is 9.10. The van der Waals surface area contributed by atoms with Gasteiger partial charge >= 0.3 is 0 Å². The Labute approximate surface area is 132 Å². The fourth-order valence-electron chi connectivity index (χ4n) is 2.56. The first-order chi connectivity index (χ1) is 9.97. The molecule has 5 heteroatoms. The van der Waals surface area contributed by atoms with E-state index in [4.69, 9.17) is 5.73 Å². The van der Waals surface area contributed by atoms with Crippen molar-refractivity contribution in [3.8, 4) is 5.69 Å². The number of nitrogens with zero attached hydrogens (tertiary/aromatic N) is 3. The number of hydrogen-bond donors (Lipinski definition) is 1. The number of halogens is 1. The molecule has 2 aromatic carbocycles. The van der Waals surface area contributed by atoms with E-state index in [1.54, 1.807) is 0 Å². The lowest BCUT2D eigenvalue weighted by atomic mass is 10.1. The standard InChI is InChI=1S/C16H17BrN4/c1-10-4-6-12(9-14(10)20(2)3)21-15-8-11(17)5-7-13(15)19-16(21)18/h4-9H,1-3H3,(H2,18,19). The highest BCUT2D eigenvalue weighted by Gasteiger charge is 2.12. The van der Waals surface area contributed by atoms with Gasteiger partial charge in [-0.1, -0.05) is 22.0 Å². The number of benzene rings is 2. The number of aromatic nitrogens is 2. The van der Waals surface area contributed by atoms with Gasteiger partial charge in [-0.15, -0.1) is 0 Å². The van der Waals surface area contributed by atoms with Gasteiger partial charge in [0, 0.05) is 24.3 Å². The fraction of sp³-hybridized carbons (Fsp3) is 0.188. The maximum Gasteiger partial charge on any atom is 0.205 e. The molecule has 0 fully saturated rings. The Bertz CT molecular complexity index is 821. The van der Waals surface area contributed by atoms with Crippen LogP contribution in [0.15, 0.2) is 40.9 Å². The SMILES string of the molecule is Cc1ccc(-n2c(N)nc3ccc(Br)cc32)cc1N(C)C. The van der Waals surface area contributed by atoms with Crippen LogP contribution < -0.4 is 10.6 Å². The number of imidazole rings is 1. The molecule has 0 amide bonds. The summed E-state index contributed by atoms with van der Waals surface area (Å²) in [6.45, 7) is 2.10. The van der Waals surface area contributed by atoms with Gasteiger partial charge in [0.25, 0.3) is 0 Å². The smallest absolute Gasteiger partial charge is 0.205 e. The second-order valence-corrected chi connectivity index (χ2v) is 6.22. The first kappa shape index (κ1) is 13.9. The molecule has 1 aromatic heterocycles. The van der Waals surface area contributed by atoms with Crippen molar-refractivity contribution in [2.45, 2.75) is 6.92 Å². The van der Waals surface area contributed by atoms with Crippen LogP contribution in [0.3, 0.4) is 0 Å². The minimum Gasteiger partial charge on any atom is -0.377 e. The molecule has 0 aliphatic heterocycles. The molecule has 0 saturated heterocycles. The van der Waals surface area contributed by atoms with Crippen LogP contribution in [0, 0.1) is 6.92 Å². The Hall–Kier alpha value is -2.01. The Balaban J connectivity index is 2.27. The summed E-state index contributed by atoms with van der Waals surface area (Å²) >= 11 is 3.51. The van der Waals surface area contributed by atoms with Crippen molar-refractivity contribution in [2.24, 2.45) is 0 Å². The molecule has 0 atom stereocenters. The van der Waals surface area contributed by atoms with E-state index in [-0.39, 0.29) is 0 Å². The van der Waals surface area contributed by atoms with Crippen molar-refractivity contribution in [2.75, 3.05) is 24.7 Å². The summed E-state index contributed by atoms with van der Waals surface area (Å²) in [6, 6.07) is 12.3. The van der Waals surface area contributed by atoms with Gasteiger partial charge in [-0.05, 0) is 42.8 Å². The topological polar surface area (TPSA) is 47.1 Å².